The number of aromatic nitrogens is 2. The second-order valence-electron chi connectivity index (χ2n) is 5.43. The summed E-state index contributed by atoms with van der Waals surface area (Å²) in [6.45, 7) is 0.846. The van der Waals surface area contributed by atoms with Crippen molar-refractivity contribution >= 4 is 16.0 Å². The van der Waals surface area contributed by atoms with Gasteiger partial charge < -0.3 is 9.64 Å². The van der Waals surface area contributed by atoms with E-state index in [9.17, 15) is 21.6 Å². The monoisotopic (exact) mass is 388 g/mol. The van der Waals surface area contributed by atoms with Crippen LogP contribution in [0.5, 0.6) is 5.75 Å². The average Bonchev–Trinajstić information content (AvgIpc) is 2.61. The van der Waals surface area contributed by atoms with Gasteiger partial charge in [0, 0.05) is 38.6 Å². The minimum Gasteiger partial charge on any atom is -0.404 e. The zero-order valence-electron chi connectivity index (χ0n) is 13.4. The first-order chi connectivity index (χ1) is 12.3. The molecule has 0 amide bonds. The van der Waals surface area contributed by atoms with Crippen LogP contribution < -0.4 is 9.64 Å². The van der Waals surface area contributed by atoms with Crippen LogP contribution in [0, 0.1) is 0 Å². The highest BCUT2D eigenvalue weighted by Crippen LogP contribution is 2.31. The standard InChI is InChI=1S/C15H15F3N4O3S/c16-15(17,18)25-12-4-1-2-5-13(12)26(23,24)22-10-8-21(9-11-22)14-19-6-3-7-20-14/h1-7H,8-11H2. The number of benzene rings is 1. The minimum atomic E-state index is -4.98. The fourth-order valence-corrected chi connectivity index (χ4v) is 4.13. The largest absolute Gasteiger partial charge is 0.573 e. The average molecular weight is 388 g/mol. The third-order valence-electron chi connectivity index (χ3n) is 3.77. The molecule has 1 fully saturated rings. The molecule has 11 heteroatoms. The van der Waals surface area contributed by atoms with E-state index in [4.69, 9.17) is 0 Å². The first-order valence-corrected chi connectivity index (χ1v) is 9.08. The van der Waals surface area contributed by atoms with Crippen molar-refractivity contribution in [3.8, 4) is 5.75 Å². The van der Waals surface area contributed by atoms with Crippen LogP contribution in [0.25, 0.3) is 0 Å². The summed E-state index contributed by atoms with van der Waals surface area (Å²) in [4.78, 5) is 9.51. The van der Waals surface area contributed by atoms with Gasteiger partial charge in [0.1, 0.15) is 10.6 Å². The van der Waals surface area contributed by atoms with Crippen molar-refractivity contribution in [2.45, 2.75) is 11.3 Å². The fourth-order valence-electron chi connectivity index (χ4n) is 2.59. The molecule has 2 aromatic rings. The van der Waals surface area contributed by atoms with E-state index in [1.807, 2.05) is 4.90 Å². The lowest BCUT2D eigenvalue weighted by Gasteiger charge is -2.34. The second kappa shape index (κ2) is 7.08. The highest BCUT2D eigenvalue weighted by molar-refractivity contribution is 7.89. The Balaban J connectivity index is 1.78. The van der Waals surface area contributed by atoms with Crippen molar-refractivity contribution < 1.29 is 26.3 Å². The SMILES string of the molecule is O=S(=O)(c1ccccc1OC(F)(F)F)N1CCN(c2ncccn2)CC1. The number of rotatable bonds is 4. The number of halogens is 3. The van der Waals surface area contributed by atoms with Gasteiger partial charge >= 0.3 is 6.36 Å². The van der Waals surface area contributed by atoms with E-state index in [0.29, 0.717) is 19.0 Å². The lowest BCUT2D eigenvalue weighted by Crippen LogP contribution is -2.49. The Kier molecular flexibility index (Phi) is 5.01. The lowest BCUT2D eigenvalue weighted by atomic mass is 10.3. The van der Waals surface area contributed by atoms with Crippen LogP contribution in [0.15, 0.2) is 47.6 Å². The van der Waals surface area contributed by atoms with E-state index in [1.54, 1.807) is 18.5 Å². The highest BCUT2D eigenvalue weighted by Gasteiger charge is 2.36. The van der Waals surface area contributed by atoms with Gasteiger partial charge in [-0.25, -0.2) is 18.4 Å². The summed E-state index contributed by atoms with van der Waals surface area (Å²) in [5.74, 6) is -0.265. The summed E-state index contributed by atoms with van der Waals surface area (Å²) in [5, 5.41) is 0. The molecule has 0 saturated carbocycles. The van der Waals surface area contributed by atoms with E-state index < -0.39 is 27.0 Å². The van der Waals surface area contributed by atoms with Crippen molar-refractivity contribution in [2.75, 3.05) is 31.1 Å². The molecule has 26 heavy (non-hydrogen) atoms. The van der Waals surface area contributed by atoms with Gasteiger partial charge in [-0.3, -0.25) is 0 Å². The van der Waals surface area contributed by atoms with Gasteiger partial charge in [0.15, 0.2) is 0 Å². The van der Waals surface area contributed by atoms with E-state index >= 15 is 0 Å². The molecule has 0 aliphatic carbocycles. The maximum Gasteiger partial charge on any atom is 0.573 e. The van der Waals surface area contributed by atoms with Crippen LogP contribution in [0.3, 0.4) is 0 Å². The van der Waals surface area contributed by atoms with Crippen molar-refractivity contribution in [1.29, 1.82) is 0 Å². The maximum absolute atomic E-state index is 12.8. The van der Waals surface area contributed by atoms with Crippen molar-refractivity contribution in [1.82, 2.24) is 14.3 Å². The summed E-state index contributed by atoms with van der Waals surface area (Å²) in [6, 6.07) is 6.38. The smallest absolute Gasteiger partial charge is 0.404 e. The Bertz CT molecular complexity index is 854. The lowest BCUT2D eigenvalue weighted by molar-refractivity contribution is -0.275. The van der Waals surface area contributed by atoms with Gasteiger partial charge in [0.05, 0.1) is 0 Å². The number of sulfonamides is 1. The number of hydrogen-bond donors (Lipinski definition) is 0. The molecule has 140 valence electrons. The normalized spacial score (nSPS) is 16.5. The summed E-state index contributed by atoms with van der Waals surface area (Å²) in [6.07, 6.45) is -1.82. The number of para-hydroxylation sites is 1. The molecule has 0 radical (unpaired) electrons. The molecule has 0 N–H and O–H groups in total. The Morgan fingerprint density at radius 3 is 2.19 bits per heavy atom. The van der Waals surface area contributed by atoms with E-state index in [2.05, 4.69) is 14.7 Å². The van der Waals surface area contributed by atoms with Crippen LogP contribution in [0.1, 0.15) is 0 Å². The molecule has 0 bridgehead atoms. The van der Waals surface area contributed by atoms with Crippen LogP contribution in [-0.2, 0) is 10.0 Å². The van der Waals surface area contributed by atoms with Crippen LogP contribution >= 0.6 is 0 Å². The van der Waals surface area contributed by atoms with Gasteiger partial charge in [-0.2, -0.15) is 4.31 Å². The fraction of sp³-hybridized carbons (Fsp3) is 0.333. The first-order valence-electron chi connectivity index (χ1n) is 7.64. The molecule has 0 atom stereocenters. The molecule has 1 aromatic carbocycles. The Hall–Kier alpha value is -2.40. The van der Waals surface area contributed by atoms with Crippen LogP contribution in [-0.4, -0.2) is 55.2 Å². The van der Waals surface area contributed by atoms with Crippen molar-refractivity contribution in [3.05, 3.63) is 42.7 Å². The van der Waals surface area contributed by atoms with Gasteiger partial charge in [-0.1, -0.05) is 12.1 Å². The quantitative estimate of drug-likeness (QED) is 0.796. The molecule has 7 nitrogen and oxygen atoms in total. The second-order valence-corrected chi connectivity index (χ2v) is 7.34. The summed E-state index contributed by atoms with van der Waals surface area (Å²) < 4.78 is 68.1. The molecule has 1 aliphatic heterocycles. The van der Waals surface area contributed by atoms with Crippen molar-refractivity contribution in [3.63, 3.8) is 0 Å². The first kappa shape index (κ1) is 18.4. The molecule has 3 rings (SSSR count). The van der Waals surface area contributed by atoms with E-state index in [-0.39, 0.29) is 13.1 Å². The zero-order chi connectivity index (χ0) is 18.8. The third-order valence-corrected chi connectivity index (χ3v) is 5.70. The molecule has 1 aromatic heterocycles. The molecule has 0 unspecified atom stereocenters. The van der Waals surface area contributed by atoms with Crippen LogP contribution in [0.4, 0.5) is 19.1 Å². The van der Waals surface area contributed by atoms with Crippen molar-refractivity contribution in [2.24, 2.45) is 0 Å². The predicted molar refractivity (Wildman–Crippen MR) is 86.1 cm³/mol. The zero-order valence-corrected chi connectivity index (χ0v) is 14.2. The number of anilines is 1. The molecule has 1 saturated heterocycles. The van der Waals surface area contributed by atoms with Gasteiger partial charge in [0.2, 0.25) is 16.0 Å². The third kappa shape index (κ3) is 4.05. The summed E-state index contributed by atoms with van der Waals surface area (Å²) in [7, 11) is -4.13. The molecule has 0 spiro atoms. The van der Waals surface area contributed by atoms with Gasteiger partial charge in [-0.05, 0) is 18.2 Å². The summed E-state index contributed by atoms with van der Waals surface area (Å²) in [5.41, 5.74) is 0. The van der Waals surface area contributed by atoms with E-state index in [1.165, 1.54) is 12.1 Å². The number of piperazine rings is 1. The number of alkyl halides is 3. The molecular weight excluding hydrogens is 373 g/mol. The maximum atomic E-state index is 12.8. The van der Waals surface area contributed by atoms with Gasteiger partial charge in [0.25, 0.3) is 0 Å². The number of nitrogens with zero attached hydrogens (tertiary/aromatic N) is 4. The Morgan fingerprint density at radius 2 is 1.58 bits per heavy atom. The molecule has 1 aliphatic rings. The Morgan fingerprint density at radius 1 is 0.962 bits per heavy atom. The van der Waals surface area contributed by atoms with E-state index in [0.717, 1.165) is 16.4 Å². The van der Waals surface area contributed by atoms with Crippen LogP contribution in [0.2, 0.25) is 0 Å². The highest BCUT2D eigenvalue weighted by atomic mass is 32.2. The van der Waals surface area contributed by atoms with Gasteiger partial charge in [-0.15, -0.1) is 13.2 Å². The molecule has 2 heterocycles. The minimum absolute atomic E-state index is 0.0982. The molecular formula is C15H15F3N4O3S. The Labute approximate surface area is 148 Å². The number of ether oxygens (including phenoxy) is 1. The summed E-state index contributed by atoms with van der Waals surface area (Å²) >= 11 is 0. The number of hydrogen-bond acceptors (Lipinski definition) is 6. The topological polar surface area (TPSA) is 75.6 Å². The predicted octanol–water partition coefficient (Wildman–Crippen LogP) is 1.89.